The molecule has 6 rings (SSSR count). The zero-order valence-corrected chi connectivity index (χ0v) is 29.6. The Labute approximate surface area is 300 Å². The number of anilines is 1. The quantitative estimate of drug-likeness (QED) is 0.149. The van der Waals surface area contributed by atoms with E-state index in [0.717, 1.165) is 53.2 Å². The van der Waals surface area contributed by atoms with Crippen molar-refractivity contribution >= 4 is 11.8 Å². The van der Waals surface area contributed by atoms with Gasteiger partial charge in [0.15, 0.2) is 0 Å². The number of methoxy groups -OCH3 is 1. The Morgan fingerprint density at radius 3 is 2.33 bits per heavy atom. The number of β-amino-alcohol motifs (C(OH)–C–C–N with tert-alkyl or cyclic N) is 1. The Morgan fingerprint density at radius 1 is 0.902 bits per heavy atom. The zero-order chi connectivity index (χ0) is 35.8. The van der Waals surface area contributed by atoms with Crippen LogP contribution in [0.3, 0.4) is 0 Å². The normalized spacial score (nSPS) is 18.9. The molecule has 2 aliphatic heterocycles. The van der Waals surface area contributed by atoms with Crippen molar-refractivity contribution in [3.63, 3.8) is 0 Å². The number of hydrogen-bond acceptors (Lipinski definition) is 9. The molecule has 0 spiro atoms. The van der Waals surface area contributed by atoms with E-state index >= 15 is 0 Å². The molecule has 2 heterocycles. The summed E-state index contributed by atoms with van der Waals surface area (Å²) in [5, 5.41) is 21.8. The van der Waals surface area contributed by atoms with E-state index in [1.54, 1.807) is 21.0 Å². The lowest BCUT2D eigenvalue weighted by Gasteiger charge is -2.41. The van der Waals surface area contributed by atoms with Crippen LogP contribution in [0, 0.1) is 0 Å². The average molecular weight is 697 g/mol. The van der Waals surface area contributed by atoms with Gasteiger partial charge in [0.25, 0.3) is 0 Å². The number of rotatable bonds is 13. The number of aliphatic hydroxyl groups excluding tert-OH is 1. The molecule has 270 valence electrons. The standard InChI is InChI=1S/C41H48N2O8/c1-41(2,46)32-13-17-34(18-14-32)51-33-15-11-31(12-16-33)39-36(44)25-43(40(45)50-27-29-8-5-4-6-9-29)26-38(39)49-28-30-10-19-37-35(24-30)42(21-23-48-37)20-7-22-47-3/h4-6,8-19,24,36,38-39,44,46H,7,20-23,25-28H2,1-3H3. The van der Waals surface area contributed by atoms with Crippen LogP contribution in [-0.2, 0) is 33.0 Å². The maximum atomic E-state index is 13.3. The van der Waals surface area contributed by atoms with Crippen LogP contribution in [0.1, 0.15) is 48.4 Å². The van der Waals surface area contributed by atoms with Crippen molar-refractivity contribution in [1.82, 2.24) is 4.90 Å². The van der Waals surface area contributed by atoms with Gasteiger partial charge in [-0.15, -0.1) is 0 Å². The van der Waals surface area contributed by atoms with Crippen molar-refractivity contribution in [2.24, 2.45) is 0 Å². The van der Waals surface area contributed by atoms with Gasteiger partial charge in [-0.05, 0) is 78.9 Å². The summed E-state index contributed by atoms with van der Waals surface area (Å²) in [4.78, 5) is 17.1. The van der Waals surface area contributed by atoms with Crippen molar-refractivity contribution in [3.05, 3.63) is 119 Å². The van der Waals surface area contributed by atoms with Gasteiger partial charge in [0.2, 0.25) is 0 Å². The minimum atomic E-state index is -0.938. The molecule has 2 aliphatic rings. The van der Waals surface area contributed by atoms with E-state index in [9.17, 15) is 15.0 Å². The van der Waals surface area contributed by atoms with Crippen LogP contribution in [0.25, 0.3) is 0 Å². The lowest BCUT2D eigenvalue weighted by molar-refractivity contribution is -0.0692. The first-order valence-corrected chi connectivity index (χ1v) is 17.5. The fourth-order valence-corrected chi connectivity index (χ4v) is 6.61. The van der Waals surface area contributed by atoms with Crippen molar-refractivity contribution in [2.45, 2.75) is 57.2 Å². The molecule has 51 heavy (non-hydrogen) atoms. The Balaban J connectivity index is 1.18. The van der Waals surface area contributed by atoms with Crippen LogP contribution < -0.4 is 14.4 Å². The van der Waals surface area contributed by atoms with Crippen molar-refractivity contribution in [3.8, 4) is 17.2 Å². The topological polar surface area (TPSA) is 110 Å². The van der Waals surface area contributed by atoms with Gasteiger partial charge in [0, 0.05) is 26.2 Å². The molecule has 4 aromatic rings. The molecule has 4 aromatic carbocycles. The second-order valence-corrected chi connectivity index (χ2v) is 13.6. The summed E-state index contributed by atoms with van der Waals surface area (Å²) < 4.78 is 29.5. The van der Waals surface area contributed by atoms with Crippen LogP contribution in [0.5, 0.6) is 17.2 Å². The predicted octanol–water partition coefficient (Wildman–Crippen LogP) is 6.62. The third-order valence-corrected chi connectivity index (χ3v) is 9.37. The molecule has 0 saturated carbocycles. The highest BCUT2D eigenvalue weighted by atomic mass is 16.6. The highest BCUT2D eigenvalue weighted by molar-refractivity contribution is 5.68. The van der Waals surface area contributed by atoms with Gasteiger partial charge in [-0.1, -0.05) is 60.7 Å². The minimum Gasteiger partial charge on any atom is -0.490 e. The highest BCUT2D eigenvalue weighted by Gasteiger charge is 2.40. The lowest BCUT2D eigenvalue weighted by Crippen LogP contribution is -2.53. The molecule has 2 N–H and O–H groups in total. The number of amides is 1. The summed E-state index contributed by atoms with van der Waals surface area (Å²) in [5.41, 5.74) is 3.60. The minimum absolute atomic E-state index is 0.108. The number of ether oxygens (including phenoxy) is 5. The molecule has 0 aliphatic carbocycles. The first-order chi connectivity index (χ1) is 24.7. The van der Waals surface area contributed by atoms with E-state index in [0.29, 0.717) is 24.7 Å². The van der Waals surface area contributed by atoms with Crippen molar-refractivity contribution in [2.75, 3.05) is 51.4 Å². The molecule has 1 saturated heterocycles. The third-order valence-electron chi connectivity index (χ3n) is 9.37. The summed E-state index contributed by atoms with van der Waals surface area (Å²) in [5.74, 6) is 1.72. The Hall–Kier alpha value is -4.61. The number of fused-ring (bicyclic) bond motifs is 1. The Kier molecular flexibility index (Phi) is 11.8. The molecule has 3 atom stereocenters. The number of carbonyl (C=O) groups is 1. The fourth-order valence-electron chi connectivity index (χ4n) is 6.61. The molecule has 1 fully saturated rings. The van der Waals surface area contributed by atoms with Crippen LogP contribution >= 0.6 is 0 Å². The molecule has 0 bridgehead atoms. The first-order valence-electron chi connectivity index (χ1n) is 17.5. The van der Waals surface area contributed by atoms with Gasteiger partial charge < -0.3 is 43.7 Å². The Morgan fingerprint density at radius 2 is 1.63 bits per heavy atom. The van der Waals surface area contributed by atoms with Crippen LogP contribution in [-0.4, -0.2) is 79.9 Å². The molecular formula is C41H48N2O8. The zero-order valence-electron chi connectivity index (χ0n) is 29.6. The van der Waals surface area contributed by atoms with E-state index in [4.69, 9.17) is 23.7 Å². The fraction of sp³-hybridized carbons (Fsp3) is 0.390. The number of benzene rings is 4. The number of aliphatic hydroxyl groups is 2. The lowest BCUT2D eigenvalue weighted by atomic mass is 9.84. The Bertz CT molecular complexity index is 1710. The molecule has 0 aromatic heterocycles. The van der Waals surface area contributed by atoms with Crippen molar-refractivity contribution in [1.29, 1.82) is 0 Å². The second-order valence-electron chi connectivity index (χ2n) is 13.6. The first kappa shape index (κ1) is 36.2. The predicted molar refractivity (Wildman–Crippen MR) is 194 cm³/mol. The summed E-state index contributed by atoms with van der Waals surface area (Å²) in [7, 11) is 1.71. The number of nitrogens with zero attached hydrogens (tertiary/aromatic N) is 2. The van der Waals surface area contributed by atoms with E-state index in [1.807, 2.05) is 91.0 Å². The summed E-state index contributed by atoms with van der Waals surface area (Å²) >= 11 is 0. The third kappa shape index (κ3) is 9.39. The summed E-state index contributed by atoms with van der Waals surface area (Å²) in [6, 6.07) is 30.5. The molecule has 10 nitrogen and oxygen atoms in total. The molecular weight excluding hydrogens is 648 g/mol. The maximum absolute atomic E-state index is 13.3. The second kappa shape index (κ2) is 16.6. The van der Waals surface area contributed by atoms with E-state index in [1.165, 1.54) is 4.90 Å². The van der Waals surface area contributed by atoms with E-state index < -0.39 is 29.8 Å². The average Bonchev–Trinajstić information content (AvgIpc) is 3.13. The molecule has 1 amide bonds. The smallest absolute Gasteiger partial charge is 0.410 e. The molecule has 3 unspecified atom stereocenters. The highest BCUT2D eigenvalue weighted by Crippen LogP contribution is 2.36. The van der Waals surface area contributed by atoms with Gasteiger partial charge in [0.1, 0.15) is 30.5 Å². The van der Waals surface area contributed by atoms with Gasteiger partial charge >= 0.3 is 6.09 Å². The van der Waals surface area contributed by atoms with Gasteiger partial charge in [-0.3, -0.25) is 0 Å². The van der Waals surface area contributed by atoms with Crippen LogP contribution in [0.15, 0.2) is 97.1 Å². The van der Waals surface area contributed by atoms with E-state index in [2.05, 4.69) is 11.0 Å². The van der Waals surface area contributed by atoms with E-state index in [-0.39, 0.29) is 26.3 Å². The SMILES string of the molecule is COCCCN1CCOc2ccc(COC3CN(C(=O)OCc4ccccc4)CC(O)C3c3ccc(Oc4ccc(C(C)(C)O)cc4)cc3)cc21. The maximum Gasteiger partial charge on any atom is 0.410 e. The summed E-state index contributed by atoms with van der Waals surface area (Å²) in [6.45, 7) is 7.23. The monoisotopic (exact) mass is 696 g/mol. The largest absolute Gasteiger partial charge is 0.490 e. The van der Waals surface area contributed by atoms with Gasteiger partial charge in [-0.2, -0.15) is 0 Å². The molecule has 0 radical (unpaired) electrons. The van der Waals surface area contributed by atoms with Crippen LogP contribution in [0.4, 0.5) is 10.5 Å². The van der Waals surface area contributed by atoms with Gasteiger partial charge in [0.05, 0.1) is 49.7 Å². The number of carbonyl (C=O) groups excluding carboxylic acids is 1. The van der Waals surface area contributed by atoms with Crippen molar-refractivity contribution < 1.29 is 38.7 Å². The number of piperidine rings is 1. The van der Waals surface area contributed by atoms with Crippen LogP contribution in [0.2, 0.25) is 0 Å². The summed E-state index contributed by atoms with van der Waals surface area (Å²) in [6.07, 6.45) is -1.01. The van der Waals surface area contributed by atoms with Gasteiger partial charge in [-0.25, -0.2) is 4.79 Å². The molecule has 10 heteroatoms. The number of likely N-dealkylation sites (tertiary alicyclic amines) is 1. The number of hydrogen-bond donors (Lipinski definition) is 2.